The van der Waals surface area contributed by atoms with Gasteiger partial charge in [-0.15, -0.1) is 0 Å². The first-order valence-electron chi connectivity index (χ1n) is 6.96. The summed E-state index contributed by atoms with van der Waals surface area (Å²) in [5.41, 5.74) is 1.65. The normalized spacial score (nSPS) is 12.0. The summed E-state index contributed by atoms with van der Waals surface area (Å²) >= 11 is 1.44. The number of carbonyl (C=O) groups is 1. The SMILES string of the molecule is CC(Sc1ccccn1)C(=O)Nc1cccc2ncccc12. The number of pyridine rings is 2. The van der Waals surface area contributed by atoms with E-state index in [0.717, 1.165) is 21.6 Å². The zero-order chi connectivity index (χ0) is 15.4. The summed E-state index contributed by atoms with van der Waals surface area (Å²) in [6, 6.07) is 15.2. The molecule has 3 aromatic rings. The first-order chi connectivity index (χ1) is 10.7. The highest BCUT2D eigenvalue weighted by atomic mass is 32.2. The third-order valence-electron chi connectivity index (χ3n) is 3.21. The van der Waals surface area contributed by atoms with Crippen LogP contribution in [0.4, 0.5) is 5.69 Å². The molecule has 1 unspecified atom stereocenters. The summed E-state index contributed by atoms with van der Waals surface area (Å²) in [5.74, 6) is -0.0491. The van der Waals surface area contributed by atoms with E-state index in [1.165, 1.54) is 11.8 Å². The van der Waals surface area contributed by atoms with Crippen LogP contribution in [0.5, 0.6) is 0 Å². The Hall–Kier alpha value is -2.40. The minimum absolute atomic E-state index is 0.0491. The number of benzene rings is 1. The zero-order valence-corrected chi connectivity index (χ0v) is 12.9. The fourth-order valence-corrected chi connectivity index (χ4v) is 2.91. The monoisotopic (exact) mass is 309 g/mol. The molecule has 0 fully saturated rings. The van der Waals surface area contributed by atoms with E-state index in [1.54, 1.807) is 12.4 Å². The summed E-state index contributed by atoms with van der Waals surface area (Å²) in [6.07, 6.45) is 3.47. The van der Waals surface area contributed by atoms with Crippen LogP contribution in [0.25, 0.3) is 10.9 Å². The van der Waals surface area contributed by atoms with Gasteiger partial charge in [-0.1, -0.05) is 23.9 Å². The molecule has 110 valence electrons. The molecule has 1 aromatic carbocycles. The fourth-order valence-electron chi connectivity index (χ4n) is 2.10. The molecule has 0 aliphatic rings. The molecule has 1 atom stereocenters. The Morgan fingerprint density at radius 2 is 1.91 bits per heavy atom. The predicted molar refractivity (Wildman–Crippen MR) is 89.9 cm³/mol. The molecule has 5 heteroatoms. The highest BCUT2D eigenvalue weighted by Gasteiger charge is 2.16. The van der Waals surface area contributed by atoms with Crippen LogP contribution in [0, 0.1) is 0 Å². The van der Waals surface area contributed by atoms with Gasteiger partial charge in [-0.25, -0.2) is 4.98 Å². The lowest BCUT2D eigenvalue weighted by Crippen LogP contribution is -2.22. The number of nitrogens with one attached hydrogen (secondary N) is 1. The molecule has 2 heterocycles. The second-order valence-electron chi connectivity index (χ2n) is 4.79. The maximum Gasteiger partial charge on any atom is 0.237 e. The topological polar surface area (TPSA) is 54.9 Å². The van der Waals surface area contributed by atoms with Gasteiger partial charge < -0.3 is 5.32 Å². The van der Waals surface area contributed by atoms with Crippen molar-refractivity contribution in [1.82, 2.24) is 9.97 Å². The van der Waals surface area contributed by atoms with Crippen molar-refractivity contribution < 1.29 is 4.79 Å². The standard InChI is InChI=1S/C17H15N3OS/c1-12(22-16-9-2-3-10-19-16)17(21)20-15-8-4-7-14-13(15)6-5-11-18-14/h2-12H,1H3,(H,20,21). The van der Waals surface area contributed by atoms with Gasteiger partial charge in [0.25, 0.3) is 0 Å². The highest BCUT2D eigenvalue weighted by Crippen LogP contribution is 2.25. The fraction of sp³-hybridized carbons (Fsp3) is 0.118. The Kier molecular flexibility index (Phi) is 4.34. The summed E-state index contributed by atoms with van der Waals surface area (Å²) in [7, 11) is 0. The molecule has 22 heavy (non-hydrogen) atoms. The molecule has 1 amide bonds. The number of hydrogen-bond acceptors (Lipinski definition) is 4. The van der Waals surface area contributed by atoms with Crippen molar-refractivity contribution in [2.45, 2.75) is 17.2 Å². The van der Waals surface area contributed by atoms with Gasteiger partial charge in [0.15, 0.2) is 0 Å². The molecule has 0 spiro atoms. The van der Waals surface area contributed by atoms with Crippen molar-refractivity contribution in [2.75, 3.05) is 5.32 Å². The van der Waals surface area contributed by atoms with E-state index in [4.69, 9.17) is 0 Å². The van der Waals surface area contributed by atoms with Gasteiger partial charge in [0.1, 0.15) is 0 Å². The quantitative estimate of drug-likeness (QED) is 0.746. The van der Waals surface area contributed by atoms with Gasteiger partial charge in [0.05, 0.1) is 21.5 Å². The number of carbonyl (C=O) groups excluding carboxylic acids is 1. The van der Waals surface area contributed by atoms with Crippen LogP contribution in [-0.2, 0) is 4.79 Å². The Morgan fingerprint density at radius 1 is 1.05 bits per heavy atom. The number of hydrogen-bond donors (Lipinski definition) is 1. The van der Waals surface area contributed by atoms with E-state index in [0.29, 0.717) is 0 Å². The maximum absolute atomic E-state index is 12.4. The molecule has 4 nitrogen and oxygen atoms in total. The van der Waals surface area contributed by atoms with Crippen LogP contribution >= 0.6 is 11.8 Å². The smallest absolute Gasteiger partial charge is 0.237 e. The van der Waals surface area contributed by atoms with E-state index in [9.17, 15) is 4.79 Å². The molecule has 1 N–H and O–H groups in total. The average molecular weight is 309 g/mol. The van der Waals surface area contributed by atoms with Gasteiger partial charge in [0, 0.05) is 17.8 Å². The lowest BCUT2D eigenvalue weighted by atomic mass is 10.2. The van der Waals surface area contributed by atoms with Crippen LogP contribution in [0.2, 0.25) is 0 Å². The summed E-state index contributed by atoms with van der Waals surface area (Å²) in [4.78, 5) is 20.9. The number of aromatic nitrogens is 2. The largest absolute Gasteiger partial charge is 0.324 e. The molecule has 2 aromatic heterocycles. The Labute approximate surface area is 133 Å². The molecule has 0 aliphatic carbocycles. The summed E-state index contributed by atoms with van der Waals surface area (Å²) in [5, 5.41) is 4.52. The molecule has 0 radical (unpaired) electrons. The second-order valence-corrected chi connectivity index (χ2v) is 6.15. The van der Waals surface area contributed by atoms with Crippen LogP contribution in [0.3, 0.4) is 0 Å². The van der Waals surface area contributed by atoms with Crippen LogP contribution in [0.1, 0.15) is 6.92 Å². The highest BCUT2D eigenvalue weighted by molar-refractivity contribution is 8.00. The van der Waals surface area contributed by atoms with E-state index < -0.39 is 0 Å². The van der Waals surface area contributed by atoms with Crippen molar-refractivity contribution >= 4 is 34.3 Å². The van der Waals surface area contributed by atoms with Crippen molar-refractivity contribution in [2.24, 2.45) is 0 Å². The summed E-state index contributed by atoms with van der Waals surface area (Å²) < 4.78 is 0. The number of amides is 1. The minimum Gasteiger partial charge on any atom is -0.324 e. The first kappa shape index (κ1) is 14.5. The van der Waals surface area contributed by atoms with Gasteiger partial charge in [-0.05, 0) is 43.3 Å². The molecular weight excluding hydrogens is 294 g/mol. The second kappa shape index (κ2) is 6.58. The number of anilines is 1. The third-order valence-corrected chi connectivity index (χ3v) is 4.26. The predicted octanol–water partition coefficient (Wildman–Crippen LogP) is 3.75. The van der Waals surface area contributed by atoms with Crippen molar-refractivity contribution in [3.05, 3.63) is 60.9 Å². The van der Waals surface area contributed by atoms with Crippen molar-refractivity contribution in [3.8, 4) is 0 Å². The van der Waals surface area contributed by atoms with Crippen LogP contribution in [-0.4, -0.2) is 21.1 Å². The average Bonchev–Trinajstić information content (AvgIpc) is 2.56. The Balaban J connectivity index is 1.75. The Morgan fingerprint density at radius 3 is 2.73 bits per heavy atom. The number of thioether (sulfide) groups is 1. The van der Waals surface area contributed by atoms with Crippen LogP contribution < -0.4 is 5.32 Å². The number of rotatable bonds is 4. The maximum atomic E-state index is 12.4. The van der Waals surface area contributed by atoms with Gasteiger partial charge >= 0.3 is 0 Å². The zero-order valence-electron chi connectivity index (χ0n) is 12.1. The van der Waals surface area contributed by atoms with E-state index in [2.05, 4.69) is 15.3 Å². The first-order valence-corrected chi connectivity index (χ1v) is 7.84. The van der Waals surface area contributed by atoms with Crippen molar-refractivity contribution in [3.63, 3.8) is 0 Å². The van der Waals surface area contributed by atoms with Crippen LogP contribution in [0.15, 0.2) is 66.0 Å². The molecule has 0 saturated heterocycles. The number of nitrogens with zero attached hydrogens (tertiary/aromatic N) is 2. The lowest BCUT2D eigenvalue weighted by molar-refractivity contribution is -0.115. The van der Waals surface area contributed by atoms with E-state index in [-0.39, 0.29) is 11.2 Å². The molecule has 3 rings (SSSR count). The van der Waals surface area contributed by atoms with Gasteiger partial charge in [-0.2, -0.15) is 0 Å². The molecular formula is C17H15N3OS. The minimum atomic E-state index is -0.234. The third kappa shape index (κ3) is 3.26. The van der Waals surface area contributed by atoms with E-state index >= 15 is 0 Å². The Bertz CT molecular complexity index is 787. The van der Waals surface area contributed by atoms with Gasteiger partial charge in [-0.3, -0.25) is 9.78 Å². The summed E-state index contributed by atoms with van der Waals surface area (Å²) in [6.45, 7) is 1.87. The number of fused-ring (bicyclic) bond motifs is 1. The molecule has 0 bridgehead atoms. The molecule has 0 saturated carbocycles. The van der Waals surface area contributed by atoms with Crippen molar-refractivity contribution in [1.29, 1.82) is 0 Å². The molecule has 0 aliphatic heterocycles. The van der Waals surface area contributed by atoms with E-state index in [1.807, 2.05) is 55.5 Å². The van der Waals surface area contributed by atoms with Gasteiger partial charge in [0.2, 0.25) is 5.91 Å². The lowest BCUT2D eigenvalue weighted by Gasteiger charge is -2.13.